The van der Waals surface area contributed by atoms with Crippen LogP contribution in [0.4, 0.5) is 0 Å². The monoisotopic (exact) mass is 261 g/mol. The van der Waals surface area contributed by atoms with Crippen molar-refractivity contribution in [2.45, 2.75) is 19.5 Å². The number of aromatic hydroxyl groups is 1. The number of benzene rings is 2. The van der Waals surface area contributed by atoms with Crippen LogP contribution in [0.25, 0.3) is 0 Å². The Morgan fingerprint density at radius 2 is 1.78 bits per heavy atom. The molecule has 0 heterocycles. The summed E-state index contributed by atoms with van der Waals surface area (Å²) < 4.78 is 0. The lowest BCUT2D eigenvalue weighted by Gasteiger charge is -2.15. The van der Waals surface area contributed by atoms with Crippen LogP contribution in [0, 0.1) is 0 Å². The molecule has 0 aromatic heterocycles. The first kappa shape index (κ1) is 12.9. The van der Waals surface area contributed by atoms with Gasteiger partial charge in [0, 0.05) is 23.2 Å². The van der Waals surface area contributed by atoms with Crippen LogP contribution in [0.1, 0.15) is 24.1 Å². The lowest BCUT2D eigenvalue weighted by atomic mass is 10.1. The van der Waals surface area contributed by atoms with E-state index in [2.05, 4.69) is 5.32 Å². The molecule has 2 aromatic carbocycles. The molecule has 2 rings (SSSR count). The van der Waals surface area contributed by atoms with E-state index >= 15 is 0 Å². The fourth-order valence-corrected chi connectivity index (χ4v) is 1.96. The van der Waals surface area contributed by atoms with Crippen LogP contribution in [-0.4, -0.2) is 5.11 Å². The molecule has 2 N–H and O–H groups in total. The predicted molar refractivity (Wildman–Crippen MR) is 74.8 cm³/mol. The molecule has 3 heteroatoms. The zero-order valence-electron chi connectivity index (χ0n) is 10.2. The van der Waals surface area contributed by atoms with Crippen molar-refractivity contribution >= 4 is 11.6 Å². The second-order valence-electron chi connectivity index (χ2n) is 4.29. The third-order valence-corrected chi connectivity index (χ3v) is 3.18. The summed E-state index contributed by atoms with van der Waals surface area (Å²) in [6, 6.07) is 15.2. The summed E-state index contributed by atoms with van der Waals surface area (Å²) in [5, 5.41) is 13.9. The maximum absolute atomic E-state index is 9.76. The van der Waals surface area contributed by atoms with Gasteiger partial charge in [0.25, 0.3) is 0 Å². The topological polar surface area (TPSA) is 32.3 Å². The average molecular weight is 262 g/mol. The summed E-state index contributed by atoms with van der Waals surface area (Å²) in [5.74, 6) is 0.327. The smallest absolute Gasteiger partial charge is 0.120 e. The number of halogens is 1. The molecule has 0 aliphatic rings. The van der Waals surface area contributed by atoms with Gasteiger partial charge in [0.2, 0.25) is 0 Å². The quantitative estimate of drug-likeness (QED) is 0.875. The summed E-state index contributed by atoms with van der Waals surface area (Å²) in [4.78, 5) is 0. The third kappa shape index (κ3) is 3.25. The van der Waals surface area contributed by atoms with Gasteiger partial charge in [-0.15, -0.1) is 0 Å². The van der Waals surface area contributed by atoms with Crippen LogP contribution in [0.3, 0.4) is 0 Å². The van der Waals surface area contributed by atoms with E-state index in [-0.39, 0.29) is 6.04 Å². The van der Waals surface area contributed by atoms with E-state index in [1.54, 1.807) is 6.07 Å². The number of rotatable bonds is 4. The summed E-state index contributed by atoms with van der Waals surface area (Å²) in [6.45, 7) is 2.78. The molecule has 0 saturated heterocycles. The number of para-hydroxylation sites is 1. The average Bonchev–Trinajstić information content (AvgIpc) is 2.38. The minimum atomic E-state index is 0.0990. The van der Waals surface area contributed by atoms with Gasteiger partial charge in [-0.2, -0.15) is 0 Å². The molecule has 0 saturated carbocycles. The summed E-state index contributed by atoms with van der Waals surface area (Å²) in [7, 11) is 0. The van der Waals surface area contributed by atoms with Gasteiger partial charge in [0.05, 0.1) is 0 Å². The van der Waals surface area contributed by atoms with Gasteiger partial charge in [-0.1, -0.05) is 41.9 Å². The lowest BCUT2D eigenvalue weighted by molar-refractivity contribution is 0.452. The van der Waals surface area contributed by atoms with E-state index in [4.69, 9.17) is 11.6 Å². The SMILES string of the molecule is CC(NCc1ccc(Cl)cc1)c1ccccc1O. The van der Waals surface area contributed by atoms with Gasteiger partial charge in [0.15, 0.2) is 0 Å². The Labute approximate surface area is 112 Å². The molecular formula is C15H16ClNO. The molecule has 0 amide bonds. The highest BCUT2D eigenvalue weighted by Crippen LogP contribution is 2.23. The Balaban J connectivity index is 1.98. The first-order valence-electron chi connectivity index (χ1n) is 5.92. The third-order valence-electron chi connectivity index (χ3n) is 2.93. The largest absolute Gasteiger partial charge is 0.508 e. The number of hydrogen-bond acceptors (Lipinski definition) is 2. The van der Waals surface area contributed by atoms with E-state index in [1.165, 1.54) is 5.56 Å². The molecule has 1 atom stereocenters. The number of phenolic OH excluding ortho intramolecular Hbond substituents is 1. The van der Waals surface area contributed by atoms with Crippen molar-refractivity contribution in [2.24, 2.45) is 0 Å². The highest BCUT2D eigenvalue weighted by atomic mass is 35.5. The maximum Gasteiger partial charge on any atom is 0.120 e. The summed E-state index contributed by atoms with van der Waals surface area (Å²) in [5.41, 5.74) is 2.08. The van der Waals surface area contributed by atoms with Crippen molar-refractivity contribution in [2.75, 3.05) is 0 Å². The molecule has 2 aromatic rings. The summed E-state index contributed by atoms with van der Waals surface area (Å²) in [6.07, 6.45) is 0. The molecule has 0 spiro atoms. The van der Waals surface area contributed by atoms with Gasteiger partial charge in [-0.25, -0.2) is 0 Å². The number of hydrogen-bond donors (Lipinski definition) is 2. The molecule has 0 radical (unpaired) electrons. The Hall–Kier alpha value is -1.51. The van der Waals surface area contributed by atoms with E-state index in [9.17, 15) is 5.11 Å². The van der Waals surface area contributed by atoms with Crippen molar-refractivity contribution in [3.05, 3.63) is 64.7 Å². The standard InChI is InChI=1S/C15H16ClNO/c1-11(14-4-2-3-5-15(14)18)17-10-12-6-8-13(16)9-7-12/h2-9,11,17-18H,10H2,1H3. The molecule has 18 heavy (non-hydrogen) atoms. The fraction of sp³-hybridized carbons (Fsp3) is 0.200. The van der Waals surface area contributed by atoms with E-state index in [0.29, 0.717) is 5.75 Å². The van der Waals surface area contributed by atoms with Gasteiger partial charge in [-0.05, 0) is 30.7 Å². The Morgan fingerprint density at radius 1 is 1.11 bits per heavy atom. The Morgan fingerprint density at radius 3 is 2.44 bits per heavy atom. The van der Waals surface area contributed by atoms with Gasteiger partial charge < -0.3 is 10.4 Å². The van der Waals surface area contributed by atoms with E-state index < -0.39 is 0 Å². The highest BCUT2D eigenvalue weighted by Gasteiger charge is 2.08. The van der Waals surface area contributed by atoms with Crippen molar-refractivity contribution in [3.63, 3.8) is 0 Å². The second-order valence-corrected chi connectivity index (χ2v) is 4.72. The zero-order valence-corrected chi connectivity index (χ0v) is 11.0. The first-order valence-corrected chi connectivity index (χ1v) is 6.30. The molecule has 94 valence electrons. The van der Waals surface area contributed by atoms with Crippen LogP contribution < -0.4 is 5.32 Å². The lowest BCUT2D eigenvalue weighted by Crippen LogP contribution is -2.18. The maximum atomic E-state index is 9.76. The molecule has 1 unspecified atom stereocenters. The zero-order chi connectivity index (χ0) is 13.0. The van der Waals surface area contributed by atoms with Crippen LogP contribution in [0.15, 0.2) is 48.5 Å². The van der Waals surface area contributed by atoms with Crippen LogP contribution in [0.5, 0.6) is 5.75 Å². The molecule has 0 fully saturated rings. The second kappa shape index (κ2) is 5.89. The highest BCUT2D eigenvalue weighted by molar-refractivity contribution is 6.30. The number of nitrogens with one attached hydrogen (secondary N) is 1. The minimum Gasteiger partial charge on any atom is -0.508 e. The van der Waals surface area contributed by atoms with E-state index in [0.717, 1.165) is 17.1 Å². The Bertz CT molecular complexity index is 510. The van der Waals surface area contributed by atoms with Crippen molar-refractivity contribution in [3.8, 4) is 5.75 Å². The first-order chi connectivity index (χ1) is 8.66. The van der Waals surface area contributed by atoms with Crippen LogP contribution >= 0.6 is 11.6 Å². The number of phenols is 1. The van der Waals surface area contributed by atoms with Gasteiger partial charge >= 0.3 is 0 Å². The molecule has 0 bridgehead atoms. The van der Waals surface area contributed by atoms with Gasteiger partial charge in [0.1, 0.15) is 5.75 Å². The summed E-state index contributed by atoms with van der Waals surface area (Å²) >= 11 is 5.84. The van der Waals surface area contributed by atoms with Gasteiger partial charge in [-0.3, -0.25) is 0 Å². The molecule has 0 aliphatic heterocycles. The molecule has 0 aliphatic carbocycles. The van der Waals surface area contributed by atoms with Crippen molar-refractivity contribution in [1.29, 1.82) is 0 Å². The fourth-order valence-electron chi connectivity index (χ4n) is 1.84. The molecule has 2 nitrogen and oxygen atoms in total. The van der Waals surface area contributed by atoms with Crippen LogP contribution in [-0.2, 0) is 6.54 Å². The van der Waals surface area contributed by atoms with E-state index in [1.807, 2.05) is 49.4 Å². The van der Waals surface area contributed by atoms with Crippen molar-refractivity contribution < 1.29 is 5.11 Å². The Kier molecular flexibility index (Phi) is 4.24. The predicted octanol–water partition coefficient (Wildman–Crippen LogP) is 3.90. The molecular weight excluding hydrogens is 246 g/mol. The van der Waals surface area contributed by atoms with Crippen LogP contribution in [0.2, 0.25) is 5.02 Å². The normalized spacial score (nSPS) is 12.3. The minimum absolute atomic E-state index is 0.0990. The van der Waals surface area contributed by atoms with Crippen molar-refractivity contribution in [1.82, 2.24) is 5.32 Å².